The van der Waals surface area contributed by atoms with Crippen LogP contribution in [0.4, 0.5) is 5.69 Å². The smallest absolute Gasteiger partial charge is 0.274 e. The maximum Gasteiger partial charge on any atom is 0.274 e. The summed E-state index contributed by atoms with van der Waals surface area (Å²) in [4.78, 5) is 37.5. The molecule has 154 valence electrons. The number of amides is 1. The minimum absolute atomic E-state index is 0.162. The fraction of sp³-hybridized carbons (Fsp3) is 0.318. The number of carbonyl (C=O) groups is 1. The summed E-state index contributed by atoms with van der Waals surface area (Å²) in [5.74, 6) is 0.0190. The van der Waals surface area contributed by atoms with Crippen LogP contribution in [0, 0.1) is 5.92 Å². The second-order valence-corrected chi connectivity index (χ2v) is 7.48. The molecule has 1 atom stereocenters. The van der Waals surface area contributed by atoms with Gasteiger partial charge in [0, 0.05) is 63.6 Å². The molecule has 0 saturated carbocycles. The number of aromatic nitrogens is 4. The lowest BCUT2D eigenvalue weighted by molar-refractivity contribution is 0.0738. The summed E-state index contributed by atoms with van der Waals surface area (Å²) in [5, 5.41) is 4.14. The highest BCUT2D eigenvalue weighted by molar-refractivity contribution is 5.92. The summed E-state index contributed by atoms with van der Waals surface area (Å²) in [6.45, 7) is 2.70. The van der Waals surface area contributed by atoms with Crippen molar-refractivity contribution in [3.05, 3.63) is 82.8 Å². The Kier molecular flexibility index (Phi) is 5.83. The molecule has 0 bridgehead atoms. The molecule has 0 spiro atoms. The molecule has 1 aliphatic heterocycles. The van der Waals surface area contributed by atoms with E-state index in [4.69, 9.17) is 0 Å². The van der Waals surface area contributed by atoms with Gasteiger partial charge in [0.2, 0.25) is 0 Å². The van der Waals surface area contributed by atoms with Gasteiger partial charge in [-0.3, -0.25) is 19.6 Å². The molecule has 2 aromatic heterocycles. The van der Waals surface area contributed by atoms with Crippen LogP contribution in [-0.2, 0) is 13.5 Å². The van der Waals surface area contributed by atoms with Crippen molar-refractivity contribution in [2.45, 2.75) is 6.42 Å². The number of rotatable bonds is 4. The standard InChI is InChI=1S/C22H24N6O2/c1-26-21(29)8-7-20(25-26)22(30)28-12-11-27(19-5-3-2-4-6-19)15-17(16-28)13-18-14-23-9-10-24-18/h2-10,14,17H,11-13,15-16H2,1H3/t17-/m0/s1. The van der Waals surface area contributed by atoms with E-state index in [1.54, 1.807) is 25.6 Å². The highest BCUT2D eigenvalue weighted by Crippen LogP contribution is 2.21. The Morgan fingerprint density at radius 1 is 1.07 bits per heavy atom. The molecule has 1 aromatic carbocycles. The molecule has 0 unspecified atom stereocenters. The Bertz CT molecular complexity index is 1050. The van der Waals surface area contributed by atoms with Crippen molar-refractivity contribution in [1.29, 1.82) is 0 Å². The number of anilines is 1. The Morgan fingerprint density at radius 2 is 1.90 bits per heavy atom. The minimum Gasteiger partial charge on any atom is -0.369 e. The maximum atomic E-state index is 13.2. The fourth-order valence-corrected chi connectivity index (χ4v) is 3.80. The van der Waals surface area contributed by atoms with Crippen LogP contribution in [0.2, 0.25) is 0 Å². The normalized spacial score (nSPS) is 16.9. The van der Waals surface area contributed by atoms with Crippen molar-refractivity contribution in [1.82, 2.24) is 24.6 Å². The summed E-state index contributed by atoms with van der Waals surface area (Å²) in [7, 11) is 1.55. The van der Waals surface area contributed by atoms with E-state index in [2.05, 4.69) is 32.1 Å². The Labute approximate surface area is 174 Å². The van der Waals surface area contributed by atoms with E-state index in [0.717, 1.165) is 30.9 Å². The van der Waals surface area contributed by atoms with Crippen LogP contribution in [0.15, 0.2) is 65.8 Å². The van der Waals surface area contributed by atoms with Crippen LogP contribution in [0.3, 0.4) is 0 Å². The lowest BCUT2D eigenvalue weighted by Crippen LogP contribution is -2.38. The van der Waals surface area contributed by atoms with Crippen LogP contribution < -0.4 is 10.5 Å². The van der Waals surface area contributed by atoms with Gasteiger partial charge in [-0.1, -0.05) is 18.2 Å². The highest BCUT2D eigenvalue weighted by Gasteiger charge is 2.28. The molecule has 30 heavy (non-hydrogen) atoms. The fourth-order valence-electron chi connectivity index (χ4n) is 3.80. The molecule has 1 aliphatic rings. The lowest BCUT2D eigenvalue weighted by Gasteiger charge is -2.25. The van der Waals surface area contributed by atoms with E-state index < -0.39 is 0 Å². The molecule has 1 saturated heterocycles. The van der Waals surface area contributed by atoms with Gasteiger partial charge in [-0.25, -0.2) is 4.68 Å². The molecule has 8 nitrogen and oxygen atoms in total. The lowest BCUT2D eigenvalue weighted by atomic mass is 10.0. The van der Waals surface area contributed by atoms with Gasteiger partial charge in [-0.2, -0.15) is 5.10 Å². The van der Waals surface area contributed by atoms with Crippen LogP contribution in [-0.4, -0.2) is 56.7 Å². The van der Waals surface area contributed by atoms with Crippen molar-refractivity contribution in [2.75, 3.05) is 31.1 Å². The third-order valence-electron chi connectivity index (χ3n) is 5.30. The Balaban J connectivity index is 1.59. The van der Waals surface area contributed by atoms with Crippen LogP contribution in [0.5, 0.6) is 0 Å². The van der Waals surface area contributed by atoms with Crippen molar-refractivity contribution < 1.29 is 4.79 Å². The van der Waals surface area contributed by atoms with Crippen molar-refractivity contribution >= 4 is 11.6 Å². The number of aryl methyl sites for hydroxylation is 1. The summed E-state index contributed by atoms with van der Waals surface area (Å²) >= 11 is 0. The molecule has 8 heteroatoms. The predicted octanol–water partition coefficient (Wildman–Crippen LogP) is 1.39. The quantitative estimate of drug-likeness (QED) is 0.653. The third-order valence-corrected chi connectivity index (χ3v) is 5.30. The molecule has 0 radical (unpaired) electrons. The van der Waals surface area contributed by atoms with Gasteiger partial charge < -0.3 is 9.80 Å². The van der Waals surface area contributed by atoms with E-state index in [1.807, 2.05) is 23.1 Å². The number of benzene rings is 1. The summed E-state index contributed by atoms with van der Waals surface area (Å²) in [6.07, 6.45) is 5.85. The van der Waals surface area contributed by atoms with Crippen LogP contribution in [0.25, 0.3) is 0 Å². The number of carbonyl (C=O) groups excluding carboxylic acids is 1. The Morgan fingerprint density at radius 3 is 2.63 bits per heavy atom. The van der Waals surface area contributed by atoms with Gasteiger partial charge in [0.25, 0.3) is 11.5 Å². The molecule has 0 N–H and O–H groups in total. The number of para-hydroxylation sites is 1. The van der Waals surface area contributed by atoms with E-state index in [-0.39, 0.29) is 23.1 Å². The van der Waals surface area contributed by atoms with E-state index in [1.165, 1.54) is 16.8 Å². The first-order valence-electron chi connectivity index (χ1n) is 9.98. The van der Waals surface area contributed by atoms with Crippen molar-refractivity contribution in [2.24, 2.45) is 13.0 Å². The number of nitrogens with zero attached hydrogens (tertiary/aromatic N) is 6. The topological polar surface area (TPSA) is 84.2 Å². The first kappa shape index (κ1) is 19.8. The molecule has 1 amide bonds. The Hall–Kier alpha value is -3.55. The first-order chi connectivity index (χ1) is 14.6. The molecule has 4 rings (SSSR count). The van der Waals surface area contributed by atoms with Gasteiger partial charge in [0.05, 0.1) is 5.69 Å². The maximum absolute atomic E-state index is 13.2. The second kappa shape index (κ2) is 8.86. The zero-order chi connectivity index (χ0) is 20.9. The first-order valence-corrected chi connectivity index (χ1v) is 9.98. The minimum atomic E-state index is -0.238. The second-order valence-electron chi connectivity index (χ2n) is 7.48. The van der Waals surface area contributed by atoms with Crippen LogP contribution >= 0.6 is 0 Å². The molecule has 3 heterocycles. The predicted molar refractivity (Wildman–Crippen MR) is 113 cm³/mol. The summed E-state index contributed by atoms with van der Waals surface area (Å²) in [5.41, 5.74) is 2.09. The molecular weight excluding hydrogens is 380 g/mol. The molecule has 3 aromatic rings. The zero-order valence-corrected chi connectivity index (χ0v) is 16.9. The van der Waals surface area contributed by atoms with Crippen molar-refractivity contribution in [3.8, 4) is 0 Å². The van der Waals surface area contributed by atoms with Crippen molar-refractivity contribution in [3.63, 3.8) is 0 Å². The molecular formula is C22H24N6O2. The third kappa shape index (κ3) is 4.53. The van der Waals surface area contributed by atoms with E-state index >= 15 is 0 Å². The van der Waals surface area contributed by atoms with Gasteiger partial charge in [-0.15, -0.1) is 0 Å². The average Bonchev–Trinajstić information content (AvgIpc) is 2.99. The number of hydrogen-bond acceptors (Lipinski definition) is 6. The highest BCUT2D eigenvalue weighted by atomic mass is 16.2. The molecule has 0 aliphatic carbocycles. The van der Waals surface area contributed by atoms with E-state index in [9.17, 15) is 9.59 Å². The number of hydrogen-bond donors (Lipinski definition) is 0. The molecule has 1 fully saturated rings. The SMILES string of the molecule is Cn1nc(C(=O)N2CCN(c3ccccc3)C[C@H](Cc3cnccn3)C2)ccc1=O. The van der Waals surface area contributed by atoms with Gasteiger partial charge >= 0.3 is 0 Å². The largest absolute Gasteiger partial charge is 0.369 e. The van der Waals surface area contributed by atoms with Gasteiger partial charge in [0.1, 0.15) is 5.69 Å². The average molecular weight is 404 g/mol. The zero-order valence-electron chi connectivity index (χ0n) is 16.9. The van der Waals surface area contributed by atoms with Gasteiger partial charge in [0.15, 0.2) is 0 Å². The summed E-state index contributed by atoms with van der Waals surface area (Å²) in [6, 6.07) is 13.1. The van der Waals surface area contributed by atoms with Gasteiger partial charge in [-0.05, 0) is 30.5 Å². The van der Waals surface area contributed by atoms with E-state index in [0.29, 0.717) is 13.1 Å². The summed E-state index contributed by atoms with van der Waals surface area (Å²) < 4.78 is 1.19. The van der Waals surface area contributed by atoms with Crippen LogP contribution in [0.1, 0.15) is 16.2 Å². The monoisotopic (exact) mass is 404 g/mol.